The number of carboxylic acids is 1. The van der Waals surface area contributed by atoms with Gasteiger partial charge in [-0.15, -0.1) is 0 Å². The Bertz CT molecular complexity index is 947. The Labute approximate surface area is 193 Å². The van der Waals surface area contributed by atoms with Crippen LogP contribution in [-0.2, 0) is 14.3 Å². The number of aliphatic carboxylic acids is 1. The topological polar surface area (TPSA) is 125 Å². The number of carboxylic acid groups (broad SMARTS) is 1. The lowest BCUT2D eigenvalue weighted by molar-refractivity contribution is -0.137. The number of rotatable bonds is 11. The van der Waals surface area contributed by atoms with Gasteiger partial charge in [0.1, 0.15) is 12.6 Å². The first kappa shape index (κ1) is 24.3. The second-order valence-corrected chi connectivity index (χ2v) is 8.10. The molecule has 0 radical (unpaired) electrons. The molecule has 0 heterocycles. The van der Waals surface area contributed by atoms with Crippen LogP contribution in [0.15, 0.2) is 48.5 Å². The lowest BCUT2D eigenvalue weighted by atomic mass is 9.98. The molecule has 2 aromatic carbocycles. The summed E-state index contributed by atoms with van der Waals surface area (Å²) in [5.74, 6) is -1.69. The highest BCUT2D eigenvalue weighted by atomic mass is 16.5. The van der Waals surface area contributed by atoms with Crippen LogP contribution >= 0.6 is 0 Å². The third kappa shape index (κ3) is 6.32. The van der Waals surface area contributed by atoms with Crippen molar-refractivity contribution in [3.05, 3.63) is 59.7 Å². The van der Waals surface area contributed by atoms with Crippen molar-refractivity contribution in [1.82, 2.24) is 10.6 Å². The maximum Gasteiger partial charge on any atom is 0.407 e. The standard InChI is InChI=1S/C25H30N2O6/c1-2-16(28)13-14-26-24(31)22(11-12-23(29)30)27-25(32)33-15-21-19-9-5-3-7-17(19)18-8-4-6-10-20(18)21/h3-10,16,21-22,28H,2,11-15H2,1H3,(H,26,31)(H,27,32)(H,29,30). The molecule has 0 spiro atoms. The number of fused-ring (bicyclic) bond motifs is 3. The molecule has 0 fully saturated rings. The van der Waals surface area contributed by atoms with Crippen molar-refractivity contribution in [3.8, 4) is 11.1 Å². The van der Waals surface area contributed by atoms with E-state index >= 15 is 0 Å². The largest absolute Gasteiger partial charge is 0.481 e. The van der Waals surface area contributed by atoms with E-state index in [4.69, 9.17) is 9.84 Å². The van der Waals surface area contributed by atoms with Crippen molar-refractivity contribution in [1.29, 1.82) is 0 Å². The number of nitrogens with one attached hydrogen (secondary N) is 2. The predicted octanol–water partition coefficient (Wildman–Crippen LogP) is 3.04. The Morgan fingerprint density at radius 3 is 2.18 bits per heavy atom. The first-order valence-electron chi connectivity index (χ1n) is 11.2. The molecule has 0 bridgehead atoms. The van der Waals surface area contributed by atoms with E-state index in [1.165, 1.54) is 0 Å². The highest BCUT2D eigenvalue weighted by Gasteiger charge is 2.30. The molecule has 33 heavy (non-hydrogen) atoms. The van der Waals surface area contributed by atoms with E-state index in [-0.39, 0.29) is 31.9 Å². The third-order valence-electron chi connectivity index (χ3n) is 5.85. The molecule has 2 aromatic rings. The fourth-order valence-electron chi connectivity index (χ4n) is 4.01. The van der Waals surface area contributed by atoms with Gasteiger partial charge in [-0.2, -0.15) is 0 Å². The van der Waals surface area contributed by atoms with Gasteiger partial charge in [0.25, 0.3) is 0 Å². The Morgan fingerprint density at radius 2 is 1.61 bits per heavy atom. The molecule has 8 heteroatoms. The minimum absolute atomic E-state index is 0.0678. The molecule has 0 saturated carbocycles. The maximum atomic E-state index is 12.5. The zero-order chi connectivity index (χ0) is 23.8. The molecule has 0 aliphatic heterocycles. The molecule has 1 aliphatic carbocycles. The average Bonchev–Trinajstić information content (AvgIpc) is 3.13. The summed E-state index contributed by atoms with van der Waals surface area (Å²) >= 11 is 0. The molecule has 0 saturated heterocycles. The van der Waals surface area contributed by atoms with Crippen LogP contribution in [-0.4, -0.2) is 53.5 Å². The zero-order valence-electron chi connectivity index (χ0n) is 18.6. The summed E-state index contributed by atoms with van der Waals surface area (Å²) in [6, 6.07) is 14.9. The van der Waals surface area contributed by atoms with E-state index in [9.17, 15) is 19.5 Å². The number of benzene rings is 2. The molecule has 2 amide bonds. The summed E-state index contributed by atoms with van der Waals surface area (Å²) in [6.45, 7) is 2.15. The molecule has 3 rings (SSSR count). The van der Waals surface area contributed by atoms with E-state index < -0.39 is 30.1 Å². The van der Waals surface area contributed by atoms with Crippen molar-refractivity contribution >= 4 is 18.0 Å². The molecule has 8 nitrogen and oxygen atoms in total. The Hall–Kier alpha value is -3.39. The van der Waals surface area contributed by atoms with Crippen molar-refractivity contribution in [2.24, 2.45) is 0 Å². The summed E-state index contributed by atoms with van der Waals surface area (Å²) in [7, 11) is 0. The SMILES string of the molecule is CCC(O)CCNC(=O)C(CCC(=O)O)NC(=O)OCC1c2ccccc2-c2ccccc21. The lowest BCUT2D eigenvalue weighted by Crippen LogP contribution is -2.47. The average molecular weight is 455 g/mol. The van der Waals surface area contributed by atoms with E-state index in [0.717, 1.165) is 22.3 Å². The molecular formula is C25H30N2O6. The monoisotopic (exact) mass is 454 g/mol. The molecule has 176 valence electrons. The van der Waals surface area contributed by atoms with Crippen molar-refractivity contribution in [2.75, 3.05) is 13.2 Å². The highest BCUT2D eigenvalue weighted by molar-refractivity contribution is 5.86. The number of hydrogen-bond acceptors (Lipinski definition) is 5. The van der Waals surface area contributed by atoms with Crippen molar-refractivity contribution < 1.29 is 29.3 Å². The highest BCUT2D eigenvalue weighted by Crippen LogP contribution is 2.44. The summed E-state index contributed by atoms with van der Waals surface area (Å²) in [5.41, 5.74) is 4.35. The van der Waals surface area contributed by atoms with Gasteiger partial charge in [-0.05, 0) is 41.5 Å². The first-order valence-corrected chi connectivity index (χ1v) is 11.2. The van der Waals surface area contributed by atoms with E-state index in [1.807, 2.05) is 55.5 Å². The van der Waals surface area contributed by atoms with Crippen LogP contribution in [0.5, 0.6) is 0 Å². The van der Waals surface area contributed by atoms with Gasteiger partial charge in [-0.1, -0.05) is 55.5 Å². The number of alkyl carbamates (subject to hydrolysis) is 1. The van der Waals surface area contributed by atoms with E-state index in [1.54, 1.807) is 0 Å². The minimum Gasteiger partial charge on any atom is -0.481 e. The van der Waals surface area contributed by atoms with Crippen molar-refractivity contribution in [3.63, 3.8) is 0 Å². The van der Waals surface area contributed by atoms with Crippen LogP contribution in [0.2, 0.25) is 0 Å². The van der Waals surface area contributed by atoms with Crippen LogP contribution in [0, 0.1) is 0 Å². The number of carbonyl (C=O) groups excluding carboxylic acids is 2. The van der Waals surface area contributed by atoms with Gasteiger partial charge < -0.3 is 25.6 Å². The van der Waals surface area contributed by atoms with E-state index in [2.05, 4.69) is 10.6 Å². The van der Waals surface area contributed by atoms with Gasteiger partial charge >= 0.3 is 12.1 Å². The van der Waals surface area contributed by atoms with Crippen LogP contribution in [0.25, 0.3) is 11.1 Å². The number of hydrogen-bond donors (Lipinski definition) is 4. The summed E-state index contributed by atoms with van der Waals surface area (Å²) in [6.07, 6.45) is -0.718. The minimum atomic E-state index is -1.07. The fraction of sp³-hybridized carbons (Fsp3) is 0.400. The Morgan fingerprint density at radius 1 is 1.00 bits per heavy atom. The molecular weight excluding hydrogens is 424 g/mol. The summed E-state index contributed by atoms with van der Waals surface area (Å²) in [5, 5.41) is 23.7. The van der Waals surface area contributed by atoms with Gasteiger partial charge in [0.2, 0.25) is 5.91 Å². The summed E-state index contributed by atoms with van der Waals surface area (Å²) < 4.78 is 5.47. The van der Waals surface area contributed by atoms with Gasteiger partial charge in [0.05, 0.1) is 6.10 Å². The third-order valence-corrected chi connectivity index (χ3v) is 5.85. The van der Waals surface area contributed by atoms with Crippen LogP contribution in [0.3, 0.4) is 0 Å². The number of ether oxygens (including phenoxy) is 1. The smallest absolute Gasteiger partial charge is 0.407 e. The van der Waals surface area contributed by atoms with Crippen LogP contribution in [0.4, 0.5) is 4.79 Å². The van der Waals surface area contributed by atoms with Gasteiger partial charge in [-0.25, -0.2) is 4.79 Å². The van der Waals surface area contributed by atoms with Gasteiger partial charge in [-0.3, -0.25) is 9.59 Å². The molecule has 1 aliphatic rings. The zero-order valence-corrected chi connectivity index (χ0v) is 18.6. The fourth-order valence-corrected chi connectivity index (χ4v) is 4.01. The predicted molar refractivity (Wildman–Crippen MR) is 123 cm³/mol. The number of aliphatic hydroxyl groups is 1. The van der Waals surface area contributed by atoms with E-state index in [0.29, 0.717) is 12.8 Å². The normalized spacial score (nSPS) is 14.0. The Kier molecular flexibility index (Phi) is 8.43. The molecule has 2 unspecified atom stereocenters. The van der Waals surface area contributed by atoms with Crippen molar-refractivity contribution in [2.45, 2.75) is 50.7 Å². The molecule has 0 aromatic heterocycles. The van der Waals surface area contributed by atoms with Gasteiger partial charge in [0, 0.05) is 18.9 Å². The number of aliphatic hydroxyl groups excluding tert-OH is 1. The molecule has 2 atom stereocenters. The second-order valence-electron chi connectivity index (χ2n) is 8.10. The van der Waals surface area contributed by atoms with Crippen LogP contribution in [0.1, 0.15) is 49.7 Å². The number of carbonyl (C=O) groups is 3. The summed E-state index contributed by atoms with van der Waals surface area (Å²) in [4.78, 5) is 36.0. The lowest BCUT2D eigenvalue weighted by Gasteiger charge is -2.19. The second kappa shape index (κ2) is 11.5. The van der Waals surface area contributed by atoms with Gasteiger partial charge in [0.15, 0.2) is 0 Å². The quantitative estimate of drug-likeness (QED) is 0.414. The molecule has 4 N–H and O–H groups in total. The number of amides is 2. The van der Waals surface area contributed by atoms with Crippen LogP contribution < -0.4 is 10.6 Å². The maximum absolute atomic E-state index is 12.5. The first-order chi connectivity index (χ1) is 15.9. The Balaban J connectivity index is 1.60.